The summed E-state index contributed by atoms with van der Waals surface area (Å²) in [5, 5.41) is 0. The van der Waals surface area contributed by atoms with Gasteiger partial charge in [0.1, 0.15) is 0 Å². The molecular weight excluding hydrogens is 474 g/mol. The number of halogens is 2. The third-order valence-corrected chi connectivity index (χ3v) is 10.3. The molecule has 4 atom stereocenters. The van der Waals surface area contributed by atoms with E-state index in [1.165, 1.54) is 34.0 Å². The molecule has 2 fully saturated rings. The van der Waals surface area contributed by atoms with Crippen molar-refractivity contribution in [1.82, 2.24) is 0 Å². The van der Waals surface area contributed by atoms with Gasteiger partial charge in [-0.15, -0.1) is 0 Å². The van der Waals surface area contributed by atoms with Gasteiger partial charge in [0.2, 0.25) is 0 Å². The summed E-state index contributed by atoms with van der Waals surface area (Å²) in [4.78, 5) is 12.2. The van der Waals surface area contributed by atoms with Gasteiger partial charge >= 0.3 is 146 Å². The van der Waals surface area contributed by atoms with Crippen molar-refractivity contribution in [2.75, 3.05) is 0 Å². The fourth-order valence-corrected chi connectivity index (χ4v) is 9.72. The minimum atomic E-state index is 0.267. The summed E-state index contributed by atoms with van der Waals surface area (Å²) >= 11 is 2.72. The second kappa shape index (κ2) is 6.23. The zero-order valence-electron chi connectivity index (χ0n) is 12.0. The molecule has 0 aliphatic carbocycles. The van der Waals surface area contributed by atoms with Crippen LogP contribution in [0.15, 0.2) is 18.2 Å². The van der Waals surface area contributed by atoms with Gasteiger partial charge in [0.05, 0.1) is 0 Å². The number of alkyl halides is 2. The molecular formula is C17H21I2O-. The predicted octanol–water partition coefficient (Wildman–Crippen LogP) is 1.17. The van der Waals surface area contributed by atoms with E-state index in [9.17, 15) is 4.79 Å². The molecule has 0 saturated carbocycles. The fourth-order valence-electron chi connectivity index (χ4n) is 3.76. The Balaban J connectivity index is 1.94. The molecule has 0 radical (unpaired) electrons. The van der Waals surface area contributed by atoms with Gasteiger partial charge in [-0.1, -0.05) is 0 Å². The van der Waals surface area contributed by atoms with E-state index in [-0.39, 0.29) is 21.2 Å². The molecule has 0 spiro atoms. The molecule has 1 aromatic rings. The van der Waals surface area contributed by atoms with Crippen LogP contribution in [-0.2, 0) is 11.2 Å². The standard InChI is InChI=1S/C17H21I2O/c1-3-11-4-5-12(8-15(11)18)14-9-13-6-7-16(19-13)17(14)10(2)20/h4-5,8,13-14,16-17H,3,6-7,9H2,1-2H3/q-1/t13-,14-,16?,17?/m1/s1. The molecule has 2 saturated heterocycles. The maximum atomic E-state index is 12.2. The summed E-state index contributed by atoms with van der Waals surface area (Å²) in [6.07, 6.45) is 5.08. The second-order valence-corrected chi connectivity index (χ2v) is 11.2. The summed E-state index contributed by atoms with van der Waals surface area (Å²) in [7, 11) is 0. The average Bonchev–Trinajstić information content (AvgIpc) is 2.79. The van der Waals surface area contributed by atoms with Crippen LogP contribution in [-0.4, -0.2) is 13.6 Å². The molecule has 0 aromatic heterocycles. The number of carbonyl (C=O) groups is 1. The third-order valence-electron chi connectivity index (χ3n) is 4.78. The van der Waals surface area contributed by atoms with Gasteiger partial charge in [-0.25, -0.2) is 0 Å². The first-order chi connectivity index (χ1) is 9.60. The normalized spacial score (nSPS) is 32.8. The topological polar surface area (TPSA) is 17.1 Å². The van der Waals surface area contributed by atoms with Gasteiger partial charge in [-0.05, 0) is 0 Å². The molecule has 0 amide bonds. The average molecular weight is 495 g/mol. The first kappa shape index (κ1) is 15.3. The van der Waals surface area contributed by atoms with Crippen molar-refractivity contribution < 1.29 is 26.0 Å². The summed E-state index contributed by atoms with van der Waals surface area (Å²) in [6.45, 7) is 4.03. The Morgan fingerprint density at radius 2 is 2.20 bits per heavy atom. The number of benzene rings is 1. The van der Waals surface area contributed by atoms with Crippen molar-refractivity contribution in [3.63, 3.8) is 0 Å². The molecule has 2 aliphatic rings. The number of ketones is 1. The maximum absolute atomic E-state index is 12.2. The summed E-state index contributed by atoms with van der Waals surface area (Å²) < 4.78 is 3.11. The summed E-state index contributed by atoms with van der Waals surface area (Å²) in [5.41, 5.74) is 2.85. The first-order valence-corrected chi connectivity index (χ1v) is 11.1. The van der Waals surface area contributed by atoms with Crippen LogP contribution < -0.4 is 21.2 Å². The molecule has 110 valence electrons. The Bertz CT molecular complexity index is 526. The Morgan fingerprint density at radius 3 is 2.85 bits per heavy atom. The van der Waals surface area contributed by atoms with Gasteiger partial charge in [-0.3, -0.25) is 0 Å². The second-order valence-electron chi connectivity index (χ2n) is 6.00. The summed E-state index contributed by atoms with van der Waals surface area (Å²) in [5.74, 6) is 1.26. The molecule has 1 aromatic carbocycles. The van der Waals surface area contributed by atoms with E-state index in [2.05, 4.69) is 47.7 Å². The van der Waals surface area contributed by atoms with E-state index in [0.717, 1.165) is 14.3 Å². The Morgan fingerprint density at radius 1 is 1.40 bits per heavy atom. The van der Waals surface area contributed by atoms with Crippen molar-refractivity contribution in [1.29, 1.82) is 0 Å². The quantitative estimate of drug-likeness (QED) is 0.455. The summed E-state index contributed by atoms with van der Waals surface area (Å²) in [6, 6.07) is 6.92. The van der Waals surface area contributed by atoms with Crippen LogP contribution in [0.4, 0.5) is 0 Å². The van der Waals surface area contributed by atoms with Crippen LogP contribution in [0, 0.1) is 9.49 Å². The molecule has 1 nitrogen and oxygen atoms in total. The molecule has 3 rings (SSSR count). The van der Waals surface area contributed by atoms with Crippen molar-refractivity contribution in [2.24, 2.45) is 5.92 Å². The number of Topliss-reactive ketones (excluding diaryl/α,β-unsaturated/α-hetero) is 1. The van der Waals surface area contributed by atoms with E-state index in [4.69, 9.17) is 0 Å². The first-order valence-electron chi connectivity index (χ1n) is 7.51. The van der Waals surface area contributed by atoms with Crippen molar-refractivity contribution in [3.8, 4) is 0 Å². The number of rotatable bonds is 3. The van der Waals surface area contributed by atoms with Gasteiger partial charge in [0.15, 0.2) is 0 Å². The zero-order chi connectivity index (χ0) is 14.3. The Hall–Kier alpha value is 0.350. The van der Waals surface area contributed by atoms with E-state index < -0.39 is 0 Å². The van der Waals surface area contributed by atoms with Gasteiger partial charge in [-0.2, -0.15) is 0 Å². The van der Waals surface area contributed by atoms with E-state index in [1.54, 1.807) is 0 Å². The molecule has 20 heavy (non-hydrogen) atoms. The molecule has 0 N–H and O–H groups in total. The molecule has 2 bridgehead atoms. The fraction of sp³-hybridized carbons (Fsp3) is 0.588. The van der Waals surface area contributed by atoms with Crippen LogP contribution in [0.5, 0.6) is 0 Å². The SMILES string of the molecule is CCc1ccc([C@H]2C[C@H]3CCC([I-]3)C2C(C)=O)cc1I. The minimum absolute atomic E-state index is 0.267. The monoisotopic (exact) mass is 495 g/mol. The van der Waals surface area contributed by atoms with Crippen LogP contribution in [0.2, 0.25) is 0 Å². The van der Waals surface area contributed by atoms with Crippen molar-refractivity contribution >= 4 is 28.4 Å². The van der Waals surface area contributed by atoms with Crippen LogP contribution in [0.3, 0.4) is 0 Å². The van der Waals surface area contributed by atoms with Gasteiger partial charge in [0.25, 0.3) is 0 Å². The van der Waals surface area contributed by atoms with E-state index in [1.807, 2.05) is 6.92 Å². The molecule has 2 aliphatic heterocycles. The number of carbonyl (C=O) groups excluding carboxylic acids is 1. The zero-order valence-corrected chi connectivity index (χ0v) is 16.3. The van der Waals surface area contributed by atoms with Crippen molar-refractivity contribution in [2.45, 2.75) is 53.3 Å². The predicted molar refractivity (Wildman–Crippen MR) is 86.9 cm³/mol. The number of hydrogen-bond donors (Lipinski definition) is 0. The van der Waals surface area contributed by atoms with E-state index in [0.29, 0.717) is 17.6 Å². The molecule has 2 heterocycles. The molecule has 3 heteroatoms. The van der Waals surface area contributed by atoms with Crippen LogP contribution in [0.25, 0.3) is 0 Å². The van der Waals surface area contributed by atoms with Gasteiger partial charge < -0.3 is 0 Å². The number of aryl methyl sites for hydroxylation is 1. The Kier molecular flexibility index (Phi) is 4.75. The van der Waals surface area contributed by atoms with Crippen molar-refractivity contribution in [3.05, 3.63) is 32.9 Å². The van der Waals surface area contributed by atoms with Crippen LogP contribution >= 0.6 is 22.6 Å². The third kappa shape index (κ3) is 2.81. The molecule has 2 unspecified atom stereocenters. The van der Waals surface area contributed by atoms with Gasteiger partial charge in [0, 0.05) is 0 Å². The Labute approximate surface area is 145 Å². The number of hydrogen-bond acceptors (Lipinski definition) is 1. The van der Waals surface area contributed by atoms with E-state index >= 15 is 0 Å². The van der Waals surface area contributed by atoms with Crippen LogP contribution in [0.1, 0.15) is 50.2 Å². The number of fused-ring (bicyclic) bond motifs is 2.